The van der Waals surface area contributed by atoms with Crippen molar-refractivity contribution >= 4 is 40.7 Å². The summed E-state index contributed by atoms with van der Waals surface area (Å²) in [4.78, 5) is 33.5. The summed E-state index contributed by atoms with van der Waals surface area (Å²) in [6.45, 7) is 4.15. The maximum absolute atomic E-state index is 12.3. The van der Waals surface area contributed by atoms with Gasteiger partial charge >= 0.3 is 6.03 Å². The van der Waals surface area contributed by atoms with Crippen LogP contribution in [0.2, 0.25) is 0 Å². The molecule has 1 fully saturated rings. The van der Waals surface area contributed by atoms with Crippen molar-refractivity contribution in [2.75, 3.05) is 37.0 Å². The molecule has 2 heterocycles. The maximum atomic E-state index is 12.3. The van der Waals surface area contributed by atoms with Gasteiger partial charge in [-0.3, -0.25) is 4.79 Å². The van der Waals surface area contributed by atoms with E-state index in [0.29, 0.717) is 13.0 Å². The lowest BCUT2D eigenvalue weighted by Crippen LogP contribution is -2.38. The van der Waals surface area contributed by atoms with Crippen molar-refractivity contribution in [1.29, 1.82) is 0 Å². The largest absolute Gasteiger partial charge is 0.341 e. The fraction of sp³-hybridized carbons (Fsp3) is 0.421. The lowest BCUT2D eigenvalue weighted by molar-refractivity contribution is -0.130. The number of thiazole rings is 1. The number of thioether (sulfide) groups is 1. The molecule has 3 amide bonds. The quantitative estimate of drug-likeness (QED) is 0.831. The molecule has 27 heavy (non-hydrogen) atoms. The summed E-state index contributed by atoms with van der Waals surface area (Å²) in [5.41, 5.74) is 1.68. The molecule has 0 aliphatic carbocycles. The number of anilines is 1. The fourth-order valence-corrected chi connectivity index (χ4v) is 4.56. The molecule has 1 aromatic heterocycles. The molecule has 0 spiro atoms. The number of hydrogen-bond acceptors (Lipinski definition) is 5. The van der Waals surface area contributed by atoms with Gasteiger partial charge in [0, 0.05) is 48.4 Å². The summed E-state index contributed by atoms with van der Waals surface area (Å²) < 4.78 is 0. The van der Waals surface area contributed by atoms with Crippen molar-refractivity contribution < 1.29 is 9.59 Å². The Bertz CT molecular complexity index is 785. The molecule has 0 radical (unpaired) electrons. The van der Waals surface area contributed by atoms with Gasteiger partial charge in [0.1, 0.15) is 0 Å². The van der Waals surface area contributed by atoms with E-state index in [2.05, 4.69) is 10.3 Å². The monoisotopic (exact) mass is 404 g/mol. The molecule has 1 saturated heterocycles. The third-order valence-corrected chi connectivity index (χ3v) is 6.17. The van der Waals surface area contributed by atoms with Gasteiger partial charge in [0.15, 0.2) is 0 Å². The fourth-order valence-electron chi connectivity index (χ4n) is 2.81. The molecule has 2 aromatic rings. The Morgan fingerprint density at radius 2 is 1.93 bits per heavy atom. The van der Waals surface area contributed by atoms with Gasteiger partial charge in [0.2, 0.25) is 5.91 Å². The van der Waals surface area contributed by atoms with Crippen molar-refractivity contribution in [3.8, 4) is 0 Å². The zero-order valence-corrected chi connectivity index (χ0v) is 17.2. The third-order valence-electron chi connectivity index (χ3n) is 4.33. The molecule has 8 heteroatoms. The topological polar surface area (TPSA) is 65.5 Å². The first-order valence-corrected chi connectivity index (χ1v) is 10.9. The van der Waals surface area contributed by atoms with Crippen LogP contribution in [0.4, 0.5) is 10.5 Å². The first-order chi connectivity index (χ1) is 13.0. The van der Waals surface area contributed by atoms with E-state index in [1.165, 1.54) is 0 Å². The highest BCUT2D eigenvalue weighted by Crippen LogP contribution is 2.16. The zero-order valence-electron chi connectivity index (χ0n) is 15.6. The van der Waals surface area contributed by atoms with Crippen molar-refractivity contribution in [2.24, 2.45) is 0 Å². The molecular formula is C19H24N4O2S2. The van der Waals surface area contributed by atoms with Gasteiger partial charge in [0.25, 0.3) is 0 Å². The van der Waals surface area contributed by atoms with Gasteiger partial charge in [0.05, 0.1) is 18.0 Å². The van der Waals surface area contributed by atoms with E-state index in [0.717, 1.165) is 45.7 Å². The Labute approximate surface area is 168 Å². The van der Waals surface area contributed by atoms with Crippen LogP contribution in [-0.2, 0) is 17.8 Å². The normalized spacial score (nSPS) is 14.1. The number of nitrogens with one attached hydrogen (secondary N) is 1. The highest BCUT2D eigenvalue weighted by atomic mass is 32.2. The van der Waals surface area contributed by atoms with Crippen molar-refractivity contribution in [1.82, 2.24) is 14.8 Å². The number of carbonyl (C=O) groups excluding carboxylic acids is 2. The number of hydrogen-bond donors (Lipinski definition) is 1. The molecule has 3 rings (SSSR count). The smallest absolute Gasteiger partial charge is 0.321 e. The highest BCUT2D eigenvalue weighted by Gasteiger charge is 2.17. The van der Waals surface area contributed by atoms with Gasteiger partial charge in [-0.1, -0.05) is 12.1 Å². The van der Waals surface area contributed by atoms with Crippen LogP contribution >= 0.6 is 23.1 Å². The van der Waals surface area contributed by atoms with E-state index in [9.17, 15) is 9.59 Å². The summed E-state index contributed by atoms with van der Waals surface area (Å²) in [5, 5.41) is 3.88. The maximum Gasteiger partial charge on any atom is 0.321 e. The zero-order chi connectivity index (χ0) is 19.2. The second kappa shape index (κ2) is 9.23. The van der Waals surface area contributed by atoms with Crippen LogP contribution in [0.1, 0.15) is 15.4 Å². The molecular weight excluding hydrogens is 380 g/mol. The molecule has 0 bridgehead atoms. The van der Waals surface area contributed by atoms with Crippen LogP contribution in [0, 0.1) is 6.92 Å². The minimum atomic E-state index is -0.171. The van der Waals surface area contributed by atoms with Gasteiger partial charge in [-0.05, 0) is 24.6 Å². The van der Waals surface area contributed by atoms with Gasteiger partial charge in [-0.2, -0.15) is 11.8 Å². The standard InChI is InChI=1S/C19H24N4O2S2/c1-14-20-12-17(27-14)13-22(2)19(25)21-16-5-3-15(4-6-16)11-18(24)23-7-9-26-10-8-23/h3-6,12H,7-11,13H2,1-2H3,(H,21,25). The number of aryl methyl sites for hydroxylation is 1. The van der Waals surface area contributed by atoms with Crippen molar-refractivity contribution in [3.63, 3.8) is 0 Å². The van der Waals surface area contributed by atoms with Crippen LogP contribution < -0.4 is 5.32 Å². The molecule has 1 N–H and O–H groups in total. The van der Waals surface area contributed by atoms with E-state index in [1.807, 2.05) is 47.9 Å². The number of carbonyl (C=O) groups is 2. The van der Waals surface area contributed by atoms with Crippen LogP contribution in [0.25, 0.3) is 0 Å². The summed E-state index contributed by atoms with van der Waals surface area (Å²) in [6.07, 6.45) is 2.21. The predicted molar refractivity (Wildman–Crippen MR) is 111 cm³/mol. The lowest BCUT2D eigenvalue weighted by atomic mass is 10.1. The molecule has 6 nitrogen and oxygen atoms in total. The first kappa shape index (κ1) is 19.7. The van der Waals surface area contributed by atoms with Crippen LogP contribution in [-0.4, -0.2) is 58.4 Å². The number of nitrogens with zero attached hydrogens (tertiary/aromatic N) is 3. The van der Waals surface area contributed by atoms with Crippen LogP contribution in [0.5, 0.6) is 0 Å². The number of amides is 3. The highest BCUT2D eigenvalue weighted by molar-refractivity contribution is 7.99. The van der Waals surface area contributed by atoms with E-state index in [-0.39, 0.29) is 11.9 Å². The second-order valence-electron chi connectivity index (χ2n) is 6.50. The Morgan fingerprint density at radius 3 is 2.56 bits per heavy atom. The van der Waals surface area contributed by atoms with Crippen LogP contribution in [0.3, 0.4) is 0 Å². The van der Waals surface area contributed by atoms with E-state index >= 15 is 0 Å². The summed E-state index contributed by atoms with van der Waals surface area (Å²) in [7, 11) is 1.76. The average Bonchev–Trinajstić information content (AvgIpc) is 3.08. The third kappa shape index (κ3) is 5.71. The predicted octanol–water partition coefficient (Wildman–Crippen LogP) is 3.23. The SMILES string of the molecule is Cc1ncc(CN(C)C(=O)Nc2ccc(CC(=O)N3CCSCC3)cc2)s1. The van der Waals surface area contributed by atoms with Gasteiger partial charge in [-0.15, -0.1) is 11.3 Å². The minimum Gasteiger partial charge on any atom is -0.341 e. The van der Waals surface area contributed by atoms with Gasteiger partial charge in [-0.25, -0.2) is 9.78 Å². The Balaban J connectivity index is 1.50. The van der Waals surface area contributed by atoms with Crippen molar-refractivity contribution in [3.05, 3.63) is 45.9 Å². The minimum absolute atomic E-state index is 0.171. The summed E-state index contributed by atoms with van der Waals surface area (Å²) >= 11 is 3.48. The Kier molecular flexibility index (Phi) is 6.73. The molecule has 0 atom stereocenters. The molecule has 1 aliphatic rings. The molecule has 1 aromatic carbocycles. The number of rotatable bonds is 5. The van der Waals surface area contributed by atoms with Gasteiger partial charge < -0.3 is 15.1 Å². The number of benzene rings is 1. The van der Waals surface area contributed by atoms with E-state index < -0.39 is 0 Å². The average molecular weight is 405 g/mol. The molecule has 144 valence electrons. The second-order valence-corrected chi connectivity index (χ2v) is 9.04. The molecule has 0 saturated carbocycles. The van der Waals surface area contributed by atoms with E-state index in [4.69, 9.17) is 0 Å². The van der Waals surface area contributed by atoms with Crippen LogP contribution in [0.15, 0.2) is 30.5 Å². The number of urea groups is 1. The number of aromatic nitrogens is 1. The van der Waals surface area contributed by atoms with E-state index in [1.54, 1.807) is 29.5 Å². The summed E-state index contributed by atoms with van der Waals surface area (Å²) in [5.74, 6) is 2.21. The first-order valence-electron chi connectivity index (χ1n) is 8.89. The molecule has 1 aliphatic heterocycles. The van der Waals surface area contributed by atoms with Crippen molar-refractivity contribution in [2.45, 2.75) is 19.9 Å². The Morgan fingerprint density at radius 1 is 1.22 bits per heavy atom. The molecule has 0 unspecified atom stereocenters. The lowest BCUT2D eigenvalue weighted by Gasteiger charge is -2.26. The Hall–Kier alpha value is -2.06. The summed E-state index contributed by atoms with van der Waals surface area (Å²) in [6, 6.07) is 7.32.